The van der Waals surface area contributed by atoms with E-state index in [2.05, 4.69) is 36.4 Å². The van der Waals surface area contributed by atoms with Crippen molar-refractivity contribution in [3.8, 4) is 11.5 Å². The molecule has 0 amide bonds. The summed E-state index contributed by atoms with van der Waals surface area (Å²) in [4.78, 5) is 0.410. The van der Waals surface area contributed by atoms with Gasteiger partial charge in [-0.05, 0) is 55.4 Å². The molecule has 24 heavy (non-hydrogen) atoms. The highest BCUT2D eigenvalue weighted by molar-refractivity contribution is 8.08. The fraction of sp³-hybridized carbons (Fsp3) is 0.333. The van der Waals surface area contributed by atoms with Crippen molar-refractivity contribution in [1.29, 1.82) is 0 Å². The lowest BCUT2D eigenvalue weighted by molar-refractivity contribution is 0.415. The highest BCUT2D eigenvalue weighted by atomic mass is 32.1. The zero-order valence-electron chi connectivity index (χ0n) is 13.8. The van der Waals surface area contributed by atoms with Gasteiger partial charge in [-0.25, -0.2) is 0 Å². The number of thiol groups is 2. The number of methoxy groups -OCH3 is 2. The van der Waals surface area contributed by atoms with E-state index in [0.29, 0.717) is 9.72 Å². The molecule has 0 bridgehead atoms. The molecule has 1 aliphatic rings. The molecule has 0 spiro atoms. The maximum absolute atomic E-state index is 5.28. The Morgan fingerprint density at radius 2 is 1.33 bits per heavy atom. The maximum Gasteiger partial charge on any atom is 0.118 e. The second-order valence-corrected chi connectivity index (χ2v) is 13.3. The Morgan fingerprint density at radius 3 is 1.83 bits per heavy atom. The summed E-state index contributed by atoms with van der Waals surface area (Å²) >= 11 is 9.98. The Bertz CT molecular complexity index is 664. The summed E-state index contributed by atoms with van der Waals surface area (Å²) in [5, 5.41) is 2.78. The fourth-order valence-corrected chi connectivity index (χ4v) is 13.0. The van der Waals surface area contributed by atoms with Gasteiger partial charge in [-0.1, -0.05) is 32.2 Å². The van der Waals surface area contributed by atoms with Crippen LogP contribution in [0.15, 0.2) is 48.5 Å². The minimum absolute atomic E-state index is 0.289. The lowest BCUT2D eigenvalue weighted by Gasteiger charge is -2.40. The molecule has 1 heterocycles. The Balaban J connectivity index is 1.85. The van der Waals surface area contributed by atoms with Crippen molar-refractivity contribution in [3.63, 3.8) is 0 Å². The van der Waals surface area contributed by atoms with Crippen LogP contribution in [0.3, 0.4) is 0 Å². The summed E-state index contributed by atoms with van der Waals surface area (Å²) in [5.41, 5.74) is 0. The molecule has 2 aromatic rings. The number of hydrogen-bond acceptors (Lipinski definition) is 4. The molecule has 2 aromatic carbocycles. The molecular formula is C18H22O2P2S2. The van der Waals surface area contributed by atoms with Crippen molar-refractivity contribution in [3.05, 3.63) is 48.5 Å². The molecule has 1 fully saturated rings. The van der Waals surface area contributed by atoms with Gasteiger partial charge in [0.15, 0.2) is 0 Å². The van der Waals surface area contributed by atoms with Crippen LogP contribution in [0, 0.1) is 0 Å². The molecule has 128 valence electrons. The Morgan fingerprint density at radius 1 is 0.833 bits per heavy atom. The molecule has 6 heteroatoms. The highest BCUT2D eigenvalue weighted by Crippen LogP contribution is 2.67. The Labute approximate surface area is 157 Å². The van der Waals surface area contributed by atoms with E-state index in [-0.39, 0.29) is 7.92 Å². The number of benzene rings is 2. The van der Waals surface area contributed by atoms with Crippen molar-refractivity contribution < 1.29 is 9.47 Å². The van der Waals surface area contributed by atoms with Crippen molar-refractivity contribution in [2.75, 3.05) is 20.4 Å². The zero-order valence-corrected chi connectivity index (χ0v) is 17.4. The first-order chi connectivity index (χ1) is 11.6. The average molecular weight is 396 g/mol. The van der Waals surface area contributed by atoms with Crippen LogP contribution < -0.4 is 20.1 Å². The third-order valence-corrected chi connectivity index (χ3v) is 13.0. The van der Waals surface area contributed by atoms with Gasteiger partial charge in [0.1, 0.15) is 11.5 Å². The second kappa shape index (κ2) is 8.32. The van der Waals surface area contributed by atoms with Crippen LogP contribution in [0.5, 0.6) is 11.5 Å². The molecule has 0 radical (unpaired) electrons. The molecule has 2 nitrogen and oxygen atoms in total. The van der Waals surface area contributed by atoms with Gasteiger partial charge in [0.25, 0.3) is 0 Å². The number of hydrogen-bond donors (Lipinski definition) is 2. The molecule has 3 rings (SSSR count). The van der Waals surface area contributed by atoms with Crippen LogP contribution >= 0.6 is 41.1 Å². The molecule has 4 atom stereocenters. The van der Waals surface area contributed by atoms with Crippen molar-refractivity contribution >= 4 is 51.7 Å². The third-order valence-electron chi connectivity index (χ3n) is 4.25. The Kier molecular flexibility index (Phi) is 6.38. The predicted molar refractivity (Wildman–Crippen MR) is 114 cm³/mol. The van der Waals surface area contributed by atoms with E-state index in [1.54, 1.807) is 14.2 Å². The Hall–Kier alpha value is -0.400. The quantitative estimate of drug-likeness (QED) is 0.586. The van der Waals surface area contributed by atoms with Crippen LogP contribution in [0.4, 0.5) is 0 Å². The molecule has 0 N–H and O–H groups in total. The van der Waals surface area contributed by atoms with Crippen molar-refractivity contribution in [1.82, 2.24) is 0 Å². The molecule has 0 aromatic heterocycles. The second-order valence-electron chi connectivity index (χ2n) is 5.61. The largest absolute Gasteiger partial charge is 0.497 e. The van der Waals surface area contributed by atoms with Crippen LogP contribution in [0.1, 0.15) is 6.42 Å². The first-order valence-electron chi connectivity index (χ1n) is 7.83. The van der Waals surface area contributed by atoms with Gasteiger partial charge < -0.3 is 9.47 Å². The molecule has 1 saturated heterocycles. The van der Waals surface area contributed by atoms with E-state index >= 15 is 0 Å². The summed E-state index contributed by atoms with van der Waals surface area (Å²) < 4.78 is 10.9. The molecule has 4 unspecified atom stereocenters. The third kappa shape index (κ3) is 3.88. The molecule has 0 saturated carbocycles. The standard InChI is InChI=1S/C18H22O2P2S2/c1-19-13-3-7-15(8-4-13)21-12-11-17(23)22(18(21)24)16-9-5-14(20-2)6-10-16/h3-10,17-18,23-24H,11-12H2,1-2H3. The van der Waals surface area contributed by atoms with Gasteiger partial charge in [-0.3, -0.25) is 0 Å². The van der Waals surface area contributed by atoms with Crippen LogP contribution in [-0.4, -0.2) is 30.1 Å². The summed E-state index contributed by atoms with van der Waals surface area (Å²) in [6.07, 6.45) is 2.34. The molecule has 1 aliphatic heterocycles. The van der Waals surface area contributed by atoms with E-state index in [9.17, 15) is 0 Å². The lowest BCUT2D eigenvalue weighted by Crippen LogP contribution is -2.25. The van der Waals surface area contributed by atoms with Gasteiger partial charge in [-0.15, -0.1) is 0 Å². The van der Waals surface area contributed by atoms with Crippen molar-refractivity contribution in [2.24, 2.45) is 0 Å². The SMILES string of the molecule is COc1ccc(P2CCC(S)P(c3ccc(OC)cc3)C2S)cc1. The first-order valence-corrected chi connectivity index (χ1v) is 11.9. The predicted octanol–water partition coefficient (Wildman–Crippen LogP) is 4.49. The summed E-state index contributed by atoms with van der Waals surface area (Å²) in [6.45, 7) is 0. The maximum atomic E-state index is 5.28. The zero-order chi connectivity index (χ0) is 17.1. The molecular weight excluding hydrogens is 374 g/mol. The van der Waals surface area contributed by atoms with E-state index in [4.69, 9.17) is 34.7 Å². The van der Waals surface area contributed by atoms with Crippen LogP contribution in [0.25, 0.3) is 0 Å². The van der Waals surface area contributed by atoms with E-state index in [0.717, 1.165) is 17.9 Å². The highest BCUT2D eigenvalue weighted by Gasteiger charge is 2.37. The number of ether oxygens (including phenoxy) is 2. The fourth-order valence-electron chi connectivity index (χ4n) is 2.91. The molecule has 0 aliphatic carbocycles. The smallest absolute Gasteiger partial charge is 0.118 e. The summed E-state index contributed by atoms with van der Waals surface area (Å²) in [6, 6.07) is 17.0. The van der Waals surface area contributed by atoms with Gasteiger partial charge >= 0.3 is 0 Å². The number of rotatable bonds is 4. The first kappa shape index (κ1) is 18.4. The van der Waals surface area contributed by atoms with Crippen LogP contribution in [0.2, 0.25) is 0 Å². The average Bonchev–Trinajstić information content (AvgIpc) is 2.63. The van der Waals surface area contributed by atoms with E-state index in [1.807, 2.05) is 12.1 Å². The van der Waals surface area contributed by atoms with Crippen LogP contribution in [-0.2, 0) is 0 Å². The summed E-state index contributed by atoms with van der Waals surface area (Å²) in [7, 11) is 2.71. The van der Waals surface area contributed by atoms with Gasteiger partial charge in [-0.2, -0.15) is 25.3 Å². The van der Waals surface area contributed by atoms with E-state index < -0.39 is 7.92 Å². The topological polar surface area (TPSA) is 18.5 Å². The minimum Gasteiger partial charge on any atom is -0.497 e. The lowest BCUT2D eigenvalue weighted by atomic mass is 10.3. The minimum atomic E-state index is -0.410. The summed E-state index contributed by atoms with van der Waals surface area (Å²) in [5.74, 6) is 1.81. The van der Waals surface area contributed by atoms with Gasteiger partial charge in [0, 0.05) is 4.99 Å². The van der Waals surface area contributed by atoms with Gasteiger partial charge in [0.05, 0.1) is 19.0 Å². The van der Waals surface area contributed by atoms with E-state index in [1.165, 1.54) is 16.8 Å². The normalized spacial score (nSPS) is 26.8. The monoisotopic (exact) mass is 396 g/mol. The van der Waals surface area contributed by atoms with Crippen molar-refractivity contribution in [2.45, 2.75) is 16.1 Å². The van der Waals surface area contributed by atoms with Gasteiger partial charge in [0.2, 0.25) is 0 Å².